The van der Waals surface area contributed by atoms with E-state index in [-0.39, 0.29) is 11.7 Å². The number of carbonyl (C=O) groups excluding carboxylic acids is 2. The van der Waals surface area contributed by atoms with Crippen molar-refractivity contribution in [2.24, 2.45) is 0 Å². The largest absolute Gasteiger partial charge is 0.465 e. The molecule has 0 unspecified atom stereocenters. The summed E-state index contributed by atoms with van der Waals surface area (Å²) in [6.07, 6.45) is 3.91. The Morgan fingerprint density at radius 1 is 1.28 bits per heavy atom. The number of benzene rings is 1. The second-order valence-corrected chi connectivity index (χ2v) is 9.79. The number of rotatable bonds is 7. The van der Waals surface area contributed by atoms with Gasteiger partial charge in [0.05, 0.1) is 18.4 Å². The third kappa shape index (κ3) is 4.69. The molecule has 1 amide bonds. The predicted molar refractivity (Wildman–Crippen MR) is 128 cm³/mol. The molecule has 0 saturated heterocycles. The van der Waals surface area contributed by atoms with Gasteiger partial charge in [0.1, 0.15) is 5.00 Å². The van der Waals surface area contributed by atoms with E-state index in [0.717, 1.165) is 41.7 Å². The van der Waals surface area contributed by atoms with Crippen LogP contribution in [0.2, 0.25) is 5.02 Å². The molecule has 1 aliphatic rings. The molecule has 0 saturated carbocycles. The molecule has 7 nitrogen and oxygen atoms in total. The number of thiophene rings is 1. The Morgan fingerprint density at radius 3 is 2.84 bits per heavy atom. The number of hydrogen-bond donors (Lipinski definition) is 1. The minimum atomic E-state index is -0.399. The molecule has 1 aliphatic carbocycles. The van der Waals surface area contributed by atoms with Gasteiger partial charge in [-0.05, 0) is 50.3 Å². The summed E-state index contributed by atoms with van der Waals surface area (Å²) in [7, 11) is 1.37. The fraction of sp³-hybridized carbons (Fsp3) is 0.364. The van der Waals surface area contributed by atoms with Crippen molar-refractivity contribution in [3.63, 3.8) is 0 Å². The van der Waals surface area contributed by atoms with Gasteiger partial charge in [-0.2, -0.15) is 0 Å². The van der Waals surface area contributed by atoms with Crippen LogP contribution in [0.25, 0.3) is 11.4 Å². The fourth-order valence-corrected chi connectivity index (χ4v) is 6.07. The Balaban J connectivity index is 1.48. The Bertz CT molecular complexity index is 1160. The van der Waals surface area contributed by atoms with Gasteiger partial charge >= 0.3 is 5.97 Å². The Hall–Kier alpha value is -2.36. The monoisotopic (exact) mass is 490 g/mol. The van der Waals surface area contributed by atoms with Crippen molar-refractivity contribution in [1.29, 1.82) is 0 Å². The molecule has 0 radical (unpaired) electrons. The van der Waals surface area contributed by atoms with Crippen LogP contribution in [-0.4, -0.2) is 39.5 Å². The summed E-state index contributed by atoms with van der Waals surface area (Å²) in [4.78, 5) is 26.3. The van der Waals surface area contributed by atoms with Crippen molar-refractivity contribution in [3.8, 4) is 11.4 Å². The molecule has 2 aromatic heterocycles. The molecule has 0 spiro atoms. The number of aryl methyl sites for hydroxylation is 1. The van der Waals surface area contributed by atoms with E-state index in [1.54, 1.807) is 0 Å². The number of hydrogen-bond acceptors (Lipinski definition) is 7. The third-order valence-electron chi connectivity index (χ3n) is 5.26. The highest BCUT2D eigenvalue weighted by atomic mass is 35.5. The van der Waals surface area contributed by atoms with Crippen LogP contribution in [0, 0.1) is 0 Å². The first-order valence-electron chi connectivity index (χ1n) is 10.4. The maximum atomic E-state index is 12.7. The second-order valence-electron chi connectivity index (χ2n) is 7.30. The first-order chi connectivity index (χ1) is 15.5. The smallest absolute Gasteiger partial charge is 0.341 e. The molecule has 0 aliphatic heterocycles. The minimum absolute atomic E-state index is 0.150. The normalized spacial score (nSPS) is 13.0. The summed E-state index contributed by atoms with van der Waals surface area (Å²) in [6.45, 7) is 2.66. The van der Waals surface area contributed by atoms with Crippen LogP contribution in [0.5, 0.6) is 0 Å². The van der Waals surface area contributed by atoms with E-state index in [1.807, 2.05) is 35.8 Å². The molecule has 0 atom stereocenters. The summed E-state index contributed by atoms with van der Waals surface area (Å²) in [6, 6.07) is 7.44. The summed E-state index contributed by atoms with van der Waals surface area (Å²) >= 11 is 8.90. The number of aromatic nitrogens is 3. The Labute approximate surface area is 199 Å². The lowest BCUT2D eigenvalue weighted by Gasteiger charge is -2.11. The number of anilines is 1. The maximum Gasteiger partial charge on any atom is 0.341 e. The van der Waals surface area contributed by atoms with Crippen molar-refractivity contribution >= 4 is 51.6 Å². The lowest BCUT2D eigenvalue weighted by molar-refractivity contribution is -0.113. The van der Waals surface area contributed by atoms with E-state index in [1.165, 1.54) is 30.2 Å². The standard InChI is InChI=1S/C22H23ClN4O3S2/c1-3-27-19(13-7-6-8-14(23)11-13)25-26-22(27)31-12-17(28)24-20-18(21(29)30-2)15-9-4-5-10-16(15)32-20/h6-8,11H,3-5,9-10,12H2,1-2H3,(H,24,28). The van der Waals surface area contributed by atoms with Crippen molar-refractivity contribution in [3.05, 3.63) is 45.3 Å². The highest BCUT2D eigenvalue weighted by Crippen LogP contribution is 2.38. The Morgan fingerprint density at radius 2 is 2.09 bits per heavy atom. The van der Waals surface area contributed by atoms with Crippen LogP contribution in [0.15, 0.2) is 29.4 Å². The summed E-state index contributed by atoms with van der Waals surface area (Å²) in [5, 5.41) is 13.3. The van der Waals surface area contributed by atoms with Gasteiger partial charge in [0.25, 0.3) is 0 Å². The van der Waals surface area contributed by atoms with Crippen LogP contribution >= 0.6 is 34.7 Å². The van der Waals surface area contributed by atoms with Gasteiger partial charge in [0.15, 0.2) is 11.0 Å². The molecule has 0 fully saturated rings. The van der Waals surface area contributed by atoms with E-state index in [0.29, 0.717) is 33.1 Å². The number of halogens is 1. The lowest BCUT2D eigenvalue weighted by atomic mass is 9.95. The topological polar surface area (TPSA) is 86.1 Å². The highest BCUT2D eigenvalue weighted by molar-refractivity contribution is 7.99. The molecular formula is C22H23ClN4O3S2. The van der Waals surface area contributed by atoms with Gasteiger partial charge in [0, 0.05) is 22.0 Å². The van der Waals surface area contributed by atoms with Crippen LogP contribution < -0.4 is 5.32 Å². The fourth-order valence-electron chi connectivity index (χ4n) is 3.79. The maximum absolute atomic E-state index is 12.7. The quantitative estimate of drug-likeness (QED) is 0.367. The molecule has 1 aromatic carbocycles. The van der Waals surface area contributed by atoms with Crippen molar-refractivity contribution in [2.75, 3.05) is 18.2 Å². The van der Waals surface area contributed by atoms with Gasteiger partial charge in [0.2, 0.25) is 5.91 Å². The number of esters is 1. The molecule has 10 heteroatoms. The zero-order valence-corrected chi connectivity index (χ0v) is 20.2. The molecule has 32 heavy (non-hydrogen) atoms. The van der Waals surface area contributed by atoms with Gasteiger partial charge in [-0.3, -0.25) is 4.79 Å². The number of fused-ring (bicyclic) bond motifs is 1. The SMILES string of the molecule is CCn1c(SCC(=O)Nc2sc3c(c2C(=O)OC)CCCC3)nnc1-c1cccc(Cl)c1. The first-order valence-corrected chi connectivity index (χ1v) is 12.5. The third-order valence-corrected chi connectivity index (χ3v) is 7.67. The molecule has 4 rings (SSSR count). The number of thioether (sulfide) groups is 1. The Kier molecular flexibility index (Phi) is 7.17. The molecule has 3 aromatic rings. The van der Waals surface area contributed by atoms with Crippen LogP contribution in [0.4, 0.5) is 5.00 Å². The molecule has 168 valence electrons. The van der Waals surface area contributed by atoms with Gasteiger partial charge < -0.3 is 14.6 Å². The zero-order chi connectivity index (χ0) is 22.7. The van der Waals surface area contributed by atoms with Crippen LogP contribution in [0.1, 0.15) is 40.6 Å². The van der Waals surface area contributed by atoms with E-state index in [4.69, 9.17) is 16.3 Å². The van der Waals surface area contributed by atoms with E-state index < -0.39 is 5.97 Å². The summed E-state index contributed by atoms with van der Waals surface area (Å²) in [5.41, 5.74) is 2.40. The molecule has 2 heterocycles. The van der Waals surface area contributed by atoms with Crippen LogP contribution in [0.3, 0.4) is 0 Å². The summed E-state index contributed by atoms with van der Waals surface area (Å²) in [5.74, 6) is 0.256. The second kappa shape index (κ2) is 10.1. The van der Waals surface area contributed by atoms with Crippen molar-refractivity contribution in [2.45, 2.75) is 44.3 Å². The average molecular weight is 491 g/mol. The molecular weight excluding hydrogens is 468 g/mol. The van der Waals surface area contributed by atoms with Gasteiger partial charge in [-0.15, -0.1) is 21.5 Å². The summed E-state index contributed by atoms with van der Waals surface area (Å²) < 4.78 is 6.93. The van der Waals surface area contributed by atoms with Crippen LogP contribution in [-0.2, 0) is 28.9 Å². The number of nitrogens with one attached hydrogen (secondary N) is 1. The minimum Gasteiger partial charge on any atom is -0.465 e. The lowest BCUT2D eigenvalue weighted by Crippen LogP contribution is -2.17. The number of ether oxygens (including phenoxy) is 1. The van der Waals surface area contributed by atoms with E-state index in [9.17, 15) is 9.59 Å². The van der Waals surface area contributed by atoms with Crippen molar-refractivity contribution in [1.82, 2.24) is 14.8 Å². The molecule has 0 bridgehead atoms. The number of methoxy groups -OCH3 is 1. The zero-order valence-electron chi connectivity index (χ0n) is 17.8. The first kappa shape index (κ1) is 22.8. The average Bonchev–Trinajstić information content (AvgIpc) is 3.37. The van der Waals surface area contributed by atoms with Gasteiger partial charge in [-0.25, -0.2) is 4.79 Å². The van der Waals surface area contributed by atoms with Crippen molar-refractivity contribution < 1.29 is 14.3 Å². The number of carbonyl (C=O) groups is 2. The van der Waals surface area contributed by atoms with E-state index in [2.05, 4.69) is 15.5 Å². The highest BCUT2D eigenvalue weighted by Gasteiger charge is 2.27. The molecule has 1 N–H and O–H groups in total. The predicted octanol–water partition coefficient (Wildman–Crippen LogP) is 5.08. The van der Waals surface area contributed by atoms with Gasteiger partial charge in [-0.1, -0.05) is 35.5 Å². The number of amides is 1. The number of nitrogens with zero attached hydrogens (tertiary/aromatic N) is 3. The van der Waals surface area contributed by atoms with E-state index >= 15 is 0 Å².